The number of pyridine rings is 2. The molecule has 6 nitrogen and oxygen atoms in total. The van der Waals surface area contributed by atoms with Gasteiger partial charge >= 0.3 is 0 Å². The van der Waals surface area contributed by atoms with Crippen LogP contribution in [0, 0.1) is 12.8 Å². The van der Waals surface area contributed by atoms with Gasteiger partial charge in [-0.05, 0) is 62.7 Å². The van der Waals surface area contributed by atoms with Crippen molar-refractivity contribution < 1.29 is 9.53 Å². The van der Waals surface area contributed by atoms with E-state index >= 15 is 0 Å². The first-order valence-corrected chi connectivity index (χ1v) is 10.3. The van der Waals surface area contributed by atoms with Gasteiger partial charge in [0.2, 0.25) is 5.91 Å². The Morgan fingerprint density at radius 2 is 2.07 bits per heavy atom. The van der Waals surface area contributed by atoms with E-state index in [1.807, 2.05) is 61.5 Å². The van der Waals surface area contributed by atoms with Gasteiger partial charge in [-0.25, -0.2) is 0 Å². The number of anilines is 1. The van der Waals surface area contributed by atoms with Gasteiger partial charge in [-0.1, -0.05) is 18.2 Å². The van der Waals surface area contributed by atoms with Crippen LogP contribution >= 0.6 is 0 Å². The van der Waals surface area contributed by atoms with E-state index < -0.39 is 0 Å². The number of para-hydroxylation sites is 2. The number of carbonyl (C=O) groups excluding carboxylic acids is 1. The minimum atomic E-state index is -0.0602. The standard InChI is InChI=1S/C24H26N4O2/c1-18-7-4-9-20(26-18)17-28-14-6-8-19(16-28)24(29)27-22-11-2-3-12-23(22)30-21-10-5-13-25-15-21/h2-5,7,9-13,15,19H,6,8,14,16-17H2,1H3,(H,27,29)/t19-/m0/s1. The molecule has 1 aliphatic rings. The number of rotatable bonds is 6. The smallest absolute Gasteiger partial charge is 0.228 e. The SMILES string of the molecule is Cc1cccc(CN2CCC[C@H](C(=O)Nc3ccccc3Oc3cccnc3)C2)n1. The average Bonchev–Trinajstić information content (AvgIpc) is 2.76. The van der Waals surface area contributed by atoms with E-state index in [2.05, 4.69) is 20.2 Å². The fourth-order valence-corrected chi connectivity index (χ4v) is 3.76. The van der Waals surface area contributed by atoms with Gasteiger partial charge < -0.3 is 10.1 Å². The molecule has 3 aromatic rings. The molecule has 1 fully saturated rings. The molecular weight excluding hydrogens is 376 g/mol. The summed E-state index contributed by atoms with van der Waals surface area (Å²) in [6, 6.07) is 17.2. The molecule has 0 spiro atoms. The highest BCUT2D eigenvalue weighted by atomic mass is 16.5. The molecule has 6 heteroatoms. The summed E-state index contributed by atoms with van der Waals surface area (Å²) in [7, 11) is 0. The third-order valence-corrected chi connectivity index (χ3v) is 5.22. The Bertz CT molecular complexity index is 993. The van der Waals surface area contributed by atoms with Crippen LogP contribution in [0.2, 0.25) is 0 Å². The number of hydrogen-bond acceptors (Lipinski definition) is 5. The Morgan fingerprint density at radius 3 is 2.90 bits per heavy atom. The van der Waals surface area contributed by atoms with E-state index in [4.69, 9.17) is 4.74 Å². The van der Waals surface area contributed by atoms with Crippen molar-refractivity contribution in [1.82, 2.24) is 14.9 Å². The number of hydrogen-bond donors (Lipinski definition) is 1. The number of aryl methyl sites for hydroxylation is 1. The van der Waals surface area contributed by atoms with Crippen LogP contribution in [-0.2, 0) is 11.3 Å². The van der Waals surface area contributed by atoms with Gasteiger partial charge in [0, 0.05) is 25.0 Å². The van der Waals surface area contributed by atoms with Crippen LogP contribution in [-0.4, -0.2) is 33.9 Å². The summed E-state index contributed by atoms with van der Waals surface area (Å²) in [5.41, 5.74) is 2.74. The quantitative estimate of drug-likeness (QED) is 0.661. The first kappa shape index (κ1) is 20.0. The molecule has 2 aromatic heterocycles. The van der Waals surface area contributed by atoms with Crippen LogP contribution < -0.4 is 10.1 Å². The first-order chi connectivity index (χ1) is 14.7. The van der Waals surface area contributed by atoms with Crippen molar-refractivity contribution in [3.63, 3.8) is 0 Å². The highest BCUT2D eigenvalue weighted by Gasteiger charge is 2.26. The van der Waals surface area contributed by atoms with Gasteiger partial charge in [0.05, 0.1) is 23.5 Å². The zero-order valence-corrected chi connectivity index (χ0v) is 17.1. The second-order valence-corrected chi connectivity index (χ2v) is 7.62. The maximum Gasteiger partial charge on any atom is 0.228 e. The van der Waals surface area contributed by atoms with Crippen LogP contribution in [0.5, 0.6) is 11.5 Å². The predicted octanol–water partition coefficient (Wildman–Crippen LogP) is 4.43. The third kappa shape index (κ3) is 5.21. The minimum absolute atomic E-state index is 0.0270. The number of aromatic nitrogens is 2. The van der Waals surface area contributed by atoms with E-state index in [1.165, 1.54) is 0 Å². The van der Waals surface area contributed by atoms with Crippen LogP contribution in [0.3, 0.4) is 0 Å². The molecule has 1 atom stereocenters. The van der Waals surface area contributed by atoms with Gasteiger partial charge in [0.1, 0.15) is 5.75 Å². The normalized spacial score (nSPS) is 16.8. The summed E-state index contributed by atoms with van der Waals surface area (Å²) in [5, 5.41) is 3.07. The number of nitrogens with one attached hydrogen (secondary N) is 1. The molecule has 0 saturated carbocycles. The predicted molar refractivity (Wildman–Crippen MR) is 116 cm³/mol. The minimum Gasteiger partial charge on any atom is -0.454 e. The van der Waals surface area contributed by atoms with Crippen molar-refractivity contribution in [2.24, 2.45) is 5.92 Å². The topological polar surface area (TPSA) is 67.4 Å². The monoisotopic (exact) mass is 402 g/mol. The van der Waals surface area contributed by atoms with Crippen molar-refractivity contribution in [1.29, 1.82) is 0 Å². The molecule has 1 aromatic carbocycles. The van der Waals surface area contributed by atoms with Gasteiger partial charge in [-0.3, -0.25) is 19.7 Å². The second kappa shape index (κ2) is 9.50. The summed E-state index contributed by atoms with van der Waals surface area (Å²) in [5.74, 6) is 1.21. The molecule has 0 bridgehead atoms. The number of nitrogens with zero attached hydrogens (tertiary/aromatic N) is 3. The lowest BCUT2D eigenvalue weighted by atomic mass is 9.96. The van der Waals surface area contributed by atoms with Crippen molar-refractivity contribution in [3.05, 3.63) is 78.4 Å². The molecule has 0 unspecified atom stereocenters. The summed E-state index contributed by atoms with van der Waals surface area (Å²) in [4.78, 5) is 24.0. The number of carbonyl (C=O) groups is 1. The van der Waals surface area contributed by atoms with E-state index in [1.54, 1.807) is 12.4 Å². The molecule has 1 amide bonds. The molecule has 1 saturated heterocycles. The number of ether oxygens (including phenoxy) is 1. The number of benzene rings is 1. The highest BCUT2D eigenvalue weighted by Crippen LogP contribution is 2.30. The van der Waals surface area contributed by atoms with E-state index in [-0.39, 0.29) is 11.8 Å². The van der Waals surface area contributed by atoms with Crippen molar-refractivity contribution in [2.45, 2.75) is 26.3 Å². The Hall–Kier alpha value is -3.25. The molecule has 1 N–H and O–H groups in total. The maximum absolute atomic E-state index is 13.0. The summed E-state index contributed by atoms with van der Waals surface area (Å²) >= 11 is 0. The zero-order chi connectivity index (χ0) is 20.8. The largest absolute Gasteiger partial charge is 0.454 e. The molecule has 154 valence electrons. The van der Waals surface area contributed by atoms with Gasteiger partial charge in [0.15, 0.2) is 5.75 Å². The van der Waals surface area contributed by atoms with Gasteiger partial charge in [-0.15, -0.1) is 0 Å². The van der Waals surface area contributed by atoms with Crippen molar-refractivity contribution in [3.8, 4) is 11.5 Å². The number of amides is 1. The number of likely N-dealkylation sites (tertiary alicyclic amines) is 1. The van der Waals surface area contributed by atoms with E-state index in [0.29, 0.717) is 17.2 Å². The van der Waals surface area contributed by atoms with Crippen molar-refractivity contribution >= 4 is 11.6 Å². The zero-order valence-electron chi connectivity index (χ0n) is 17.1. The fraction of sp³-hybridized carbons (Fsp3) is 0.292. The van der Waals surface area contributed by atoms with Crippen LogP contribution in [0.1, 0.15) is 24.2 Å². The summed E-state index contributed by atoms with van der Waals surface area (Å²) in [6.45, 7) is 4.49. The molecule has 3 heterocycles. The lowest BCUT2D eigenvalue weighted by molar-refractivity contribution is -0.121. The van der Waals surface area contributed by atoms with Crippen LogP contribution in [0.4, 0.5) is 5.69 Å². The first-order valence-electron chi connectivity index (χ1n) is 10.3. The van der Waals surface area contributed by atoms with Crippen LogP contribution in [0.25, 0.3) is 0 Å². The number of piperidine rings is 1. The molecule has 0 aliphatic carbocycles. The maximum atomic E-state index is 13.0. The highest BCUT2D eigenvalue weighted by molar-refractivity contribution is 5.94. The molecule has 30 heavy (non-hydrogen) atoms. The Labute approximate surface area is 176 Å². The molecule has 4 rings (SSSR count). The lowest BCUT2D eigenvalue weighted by Gasteiger charge is -2.31. The molecule has 0 radical (unpaired) electrons. The molecular formula is C24H26N4O2. The summed E-state index contributed by atoms with van der Waals surface area (Å²) in [6.07, 6.45) is 5.23. The van der Waals surface area contributed by atoms with E-state index in [0.717, 1.165) is 43.9 Å². The van der Waals surface area contributed by atoms with Gasteiger partial charge in [-0.2, -0.15) is 0 Å². The second-order valence-electron chi connectivity index (χ2n) is 7.62. The fourth-order valence-electron chi connectivity index (χ4n) is 3.76. The van der Waals surface area contributed by atoms with E-state index in [9.17, 15) is 4.79 Å². The average molecular weight is 402 g/mol. The Balaban J connectivity index is 1.40. The Morgan fingerprint density at radius 1 is 1.17 bits per heavy atom. The van der Waals surface area contributed by atoms with Crippen LogP contribution in [0.15, 0.2) is 67.0 Å². The Kier molecular flexibility index (Phi) is 6.35. The third-order valence-electron chi connectivity index (χ3n) is 5.22. The summed E-state index contributed by atoms with van der Waals surface area (Å²) < 4.78 is 5.91. The van der Waals surface area contributed by atoms with Gasteiger partial charge in [0.25, 0.3) is 0 Å². The lowest BCUT2D eigenvalue weighted by Crippen LogP contribution is -2.40. The molecule has 1 aliphatic heterocycles. The van der Waals surface area contributed by atoms with Crippen molar-refractivity contribution in [2.75, 3.05) is 18.4 Å².